The number of hydrogen-bond donors (Lipinski definition) is 5. The SMILES string of the molecule is Cc1cc(Cl)cc(NC(=N)NC(=N)Nc2cc(Cl)cc(Cl)c2)c1. The van der Waals surface area contributed by atoms with E-state index in [2.05, 4.69) is 16.0 Å². The maximum atomic E-state index is 7.85. The molecule has 0 bridgehead atoms. The zero-order valence-electron chi connectivity index (χ0n) is 12.1. The van der Waals surface area contributed by atoms with Gasteiger partial charge in [0.05, 0.1) is 0 Å². The number of nitrogens with one attached hydrogen (secondary N) is 5. The first-order valence-corrected chi connectivity index (χ1v) is 7.66. The van der Waals surface area contributed by atoms with Crippen molar-refractivity contribution < 1.29 is 0 Å². The van der Waals surface area contributed by atoms with Crippen LogP contribution in [0.1, 0.15) is 5.56 Å². The zero-order chi connectivity index (χ0) is 17.0. The lowest BCUT2D eigenvalue weighted by atomic mass is 10.2. The van der Waals surface area contributed by atoms with Gasteiger partial charge >= 0.3 is 0 Å². The first kappa shape index (κ1) is 17.4. The van der Waals surface area contributed by atoms with Crippen LogP contribution in [-0.4, -0.2) is 11.9 Å². The van der Waals surface area contributed by atoms with Crippen LogP contribution in [0.3, 0.4) is 0 Å². The molecule has 0 spiro atoms. The molecule has 0 saturated carbocycles. The van der Waals surface area contributed by atoms with Gasteiger partial charge in [-0.1, -0.05) is 34.8 Å². The molecule has 0 unspecified atom stereocenters. The summed E-state index contributed by atoms with van der Waals surface area (Å²) in [4.78, 5) is 0. The average molecular weight is 371 g/mol. The molecule has 0 heterocycles. The summed E-state index contributed by atoms with van der Waals surface area (Å²) in [6.07, 6.45) is 0. The van der Waals surface area contributed by atoms with E-state index in [9.17, 15) is 0 Å². The number of rotatable bonds is 2. The van der Waals surface area contributed by atoms with Crippen molar-refractivity contribution in [2.75, 3.05) is 10.6 Å². The molecule has 0 atom stereocenters. The molecular formula is C15H14Cl3N5. The maximum absolute atomic E-state index is 7.85. The Morgan fingerprint density at radius 3 is 1.65 bits per heavy atom. The molecule has 0 aliphatic rings. The van der Waals surface area contributed by atoms with Crippen LogP contribution in [0.4, 0.5) is 11.4 Å². The van der Waals surface area contributed by atoms with E-state index in [1.807, 2.05) is 19.1 Å². The van der Waals surface area contributed by atoms with Gasteiger partial charge in [0.15, 0.2) is 11.9 Å². The third-order valence-corrected chi connectivity index (χ3v) is 3.35. The normalized spacial score (nSPS) is 10.1. The molecule has 0 aliphatic carbocycles. The number of benzene rings is 2. The Morgan fingerprint density at radius 2 is 1.17 bits per heavy atom. The maximum Gasteiger partial charge on any atom is 0.199 e. The van der Waals surface area contributed by atoms with E-state index >= 15 is 0 Å². The van der Waals surface area contributed by atoms with Crippen molar-refractivity contribution >= 4 is 58.1 Å². The summed E-state index contributed by atoms with van der Waals surface area (Å²) in [7, 11) is 0. The van der Waals surface area contributed by atoms with Crippen LogP contribution >= 0.6 is 34.8 Å². The molecule has 0 fully saturated rings. The monoisotopic (exact) mass is 369 g/mol. The van der Waals surface area contributed by atoms with Crippen molar-refractivity contribution in [1.29, 1.82) is 10.8 Å². The van der Waals surface area contributed by atoms with Gasteiger partial charge in [0.2, 0.25) is 0 Å². The molecule has 5 N–H and O–H groups in total. The van der Waals surface area contributed by atoms with Gasteiger partial charge in [-0.3, -0.25) is 16.1 Å². The van der Waals surface area contributed by atoms with Crippen LogP contribution in [0.15, 0.2) is 36.4 Å². The Bertz CT molecular complexity index is 657. The number of anilines is 2. The lowest BCUT2D eigenvalue weighted by Gasteiger charge is -2.13. The summed E-state index contributed by atoms with van der Waals surface area (Å²) >= 11 is 17.8. The van der Waals surface area contributed by atoms with Crippen LogP contribution in [0, 0.1) is 17.7 Å². The lowest BCUT2D eigenvalue weighted by Crippen LogP contribution is -2.38. The number of hydrogen-bond acceptors (Lipinski definition) is 2. The van der Waals surface area contributed by atoms with Crippen LogP contribution in [-0.2, 0) is 0 Å². The zero-order valence-corrected chi connectivity index (χ0v) is 14.4. The highest BCUT2D eigenvalue weighted by atomic mass is 35.5. The van der Waals surface area contributed by atoms with Crippen molar-refractivity contribution in [3.05, 3.63) is 57.0 Å². The summed E-state index contributed by atoms with van der Waals surface area (Å²) in [6.45, 7) is 1.90. The topological polar surface area (TPSA) is 83.8 Å². The van der Waals surface area contributed by atoms with Gasteiger partial charge in [-0.15, -0.1) is 0 Å². The van der Waals surface area contributed by atoms with Crippen molar-refractivity contribution in [2.24, 2.45) is 0 Å². The summed E-state index contributed by atoms with van der Waals surface area (Å²) < 4.78 is 0. The molecule has 5 nitrogen and oxygen atoms in total. The van der Waals surface area contributed by atoms with E-state index < -0.39 is 0 Å². The van der Waals surface area contributed by atoms with Crippen LogP contribution in [0.5, 0.6) is 0 Å². The fourth-order valence-electron chi connectivity index (χ4n) is 1.91. The molecule has 0 aliphatic heterocycles. The highest BCUT2D eigenvalue weighted by molar-refractivity contribution is 6.35. The minimum Gasteiger partial charge on any atom is -0.326 e. The van der Waals surface area contributed by atoms with Gasteiger partial charge in [0.1, 0.15) is 0 Å². The van der Waals surface area contributed by atoms with Crippen LogP contribution < -0.4 is 16.0 Å². The molecule has 2 aromatic carbocycles. The van der Waals surface area contributed by atoms with E-state index in [-0.39, 0.29) is 11.9 Å². The molecule has 120 valence electrons. The highest BCUT2D eigenvalue weighted by Crippen LogP contribution is 2.22. The second-order valence-corrected chi connectivity index (χ2v) is 6.11. The van der Waals surface area contributed by atoms with Gasteiger partial charge in [0, 0.05) is 26.4 Å². The number of halogens is 3. The minimum atomic E-state index is -0.0976. The predicted octanol–water partition coefficient (Wildman–Crippen LogP) is 4.94. The lowest BCUT2D eigenvalue weighted by molar-refractivity contribution is 1.22. The molecule has 0 aromatic heterocycles. The summed E-state index contributed by atoms with van der Waals surface area (Å²) in [6, 6.07) is 10.2. The molecule has 0 radical (unpaired) electrons. The van der Waals surface area contributed by atoms with Gasteiger partial charge < -0.3 is 10.6 Å². The largest absolute Gasteiger partial charge is 0.326 e. The first-order chi connectivity index (χ1) is 10.8. The van der Waals surface area contributed by atoms with Crippen molar-refractivity contribution in [2.45, 2.75) is 6.92 Å². The summed E-state index contributed by atoms with van der Waals surface area (Å²) in [5, 5.41) is 25.3. The van der Waals surface area contributed by atoms with Crippen LogP contribution in [0.2, 0.25) is 15.1 Å². The van der Waals surface area contributed by atoms with Gasteiger partial charge in [-0.25, -0.2) is 0 Å². The minimum absolute atomic E-state index is 0.0720. The van der Waals surface area contributed by atoms with Gasteiger partial charge in [-0.05, 0) is 48.9 Å². The summed E-state index contributed by atoms with van der Waals surface area (Å²) in [5.41, 5.74) is 2.17. The van der Waals surface area contributed by atoms with Gasteiger partial charge in [0.25, 0.3) is 0 Å². The van der Waals surface area contributed by atoms with E-state index in [0.29, 0.717) is 26.4 Å². The van der Waals surface area contributed by atoms with E-state index in [4.69, 9.17) is 45.6 Å². The Balaban J connectivity index is 1.95. The highest BCUT2D eigenvalue weighted by Gasteiger charge is 2.05. The fraction of sp³-hybridized carbons (Fsp3) is 0.0667. The Morgan fingerprint density at radius 1 is 0.739 bits per heavy atom. The fourth-order valence-corrected chi connectivity index (χ4v) is 2.73. The predicted molar refractivity (Wildman–Crippen MR) is 98.5 cm³/mol. The Hall–Kier alpha value is -1.95. The Kier molecular flexibility index (Phi) is 5.71. The molecule has 2 rings (SSSR count). The standard InChI is InChI=1S/C15H14Cl3N5/c1-8-2-9(16)5-12(3-8)21-14(19)23-15(20)22-13-6-10(17)4-11(18)7-13/h2-7H,1H3,(H5,19,20,21,22,23). The van der Waals surface area contributed by atoms with Gasteiger partial charge in [-0.2, -0.15) is 0 Å². The third-order valence-electron chi connectivity index (χ3n) is 2.69. The molecule has 23 heavy (non-hydrogen) atoms. The first-order valence-electron chi connectivity index (χ1n) is 6.53. The molecule has 0 saturated heterocycles. The average Bonchev–Trinajstić information content (AvgIpc) is 2.34. The third kappa shape index (κ3) is 5.63. The molecule has 2 aromatic rings. The van der Waals surface area contributed by atoms with E-state index in [1.165, 1.54) is 0 Å². The smallest absolute Gasteiger partial charge is 0.199 e. The quantitative estimate of drug-likeness (QED) is 0.383. The number of guanidine groups is 2. The molecule has 0 amide bonds. The van der Waals surface area contributed by atoms with E-state index in [1.54, 1.807) is 24.3 Å². The van der Waals surface area contributed by atoms with Crippen molar-refractivity contribution in [3.63, 3.8) is 0 Å². The molecule has 8 heteroatoms. The molecular weight excluding hydrogens is 357 g/mol. The number of aryl methyl sites for hydroxylation is 1. The van der Waals surface area contributed by atoms with Crippen molar-refractivity contribution in [1.82, 2.24) is 5.32 Å². The van der Waals surface area contributed by atoms with Crippen molar-refractivity contribution in [3.8, 4) is 0 Å². The van der Waals surface area contributed by atoms with Crippen LogP contribution in [0.25, 0.3) is 0 Å². The second-order valence-electron chi connectivity index (χ2n) is 4.80. The van der Waals surface area contributed by atoms with E-state index in [0.717, 1.165) is 5.56 Å². The Labute approximate surface area is 149 Å². The summed E-state index contributed by atoms with van der Waals surface area (Å²) in [5.74, 6) is -0.170. The second kappa shape index (κ2) is 7.55.